The number of allylic oxidation sites excluding steroid dienone is 1. The van der Waals surface area contributed by atoms with Gasteiger partial charge in [0.05, 0.1) is 0 Å². The predicted octanol–water partition coefficient (Wildman–Crippen LogP) is -5.14. The molecule has 1 atom stereocenters. The van der Waals surface area contributed by atoms with Gasteiger partial charge in [0.1, 0.15) is 0 Å². The van der Waals surface area contributed by atoms with Crippen molar-refractivity contribution in [2.75, 3.05) is 0 Å². The molecule has 1 unspecified atom stereocenters. The van der Waals surface area contributed by atoms with Crippen LogP contribution in [0.3, 0.4) is 0 Å². The summed E-state index contributed by atoms with van der Waals surface area (Å²) in [4.78, 5) is 0. The second kappa shape index (κ2) is 6.86. The van der Waals surface area contributed by atoms with E-state index in [1.807, 2.05) is 0 Å². The Morgan fingerprint density at radius 2 is 1.69 bits per heavy atom. The summed E-state index contributed by atoms with van der Waals surface area (Å²) in [6.07, 6.45) is 4.44. The van der Waals surface area contributed by atoms with Crippen molar-refractivity contribution < 1.29 is 45.2 Å². The Kier molecular flexibility index (Phi) is 8.40. The minimum absolute atomic E-state index is 0. The predicted molar refractivity (Wildman–Crippen MR) is 49.6 cm³/mol. The van der Waals surface area contributed by atoms with Crippen LogP contribution in [0, 0.1) is 0 Å². The van der Waals surface area contributed by atoms with Gasteiger partial charge in [-0.05, 0) is 11.0 Å². The summed E-state index contributed by atoms with van der Waals surface area (Å²) in [5, 5.41) is 0. The van der Waals surface area contributed by atoms with Gasteiger partial charge in [0.2, 0.25) is 0 Å². The van der Waals surface area contributed by atoms with Crippen LogP contribution in [0.25, 0.3) is 6.08 Å². The number of hydrogen-bond donors (Lipinski definition) is 0. The van der Waals surface area contributed by atoms with Crippen molar-refractivity contribution in [1.29, 1.82) is 0 Å². The molecule has 4 heteroatoms. The van der Waals surface area contributed by atoms with Crippen molar-refractivity contribution in [2.24, 2.45) is 0 Å². The van der Waals surface area contributed by atoms with E-state index in [2.05, 4.69) is 56.9 Å². The molecule has 1 aromatic carbocycles. The summed E-state index contributed by atoms with van der Waals surface area (Å²) in [6.45, 7) is 0. The molecule has 0 nitrogen and oxygen atoms in total. The van der Waals surface area contributed by atoms with Crippen molar-refractivity contribution in [2.45, 2.75) is 4.22 Å². The molecule has 13 heavy (non-hydrogen) atoms. The fraction of sp³-hybridized carbons (Fsp3) is 0.111. The molecule has 1 aliphatic rings. The van der Waals surface area contributed by atoms with Crippen molar-refractivity contribution in [3.8, 4) is 0 Å². The Hall–Kier alpha value is 0.471. The number of fused-ring (bicyclic) bond motifs is 1. The van der Waals surface area contributed by atoms with Gasteiger partial charge in [-0.2, -0.15) is 0 Å². The number of rotatable bonds is 0. The minimum atomic E-state index is 0. The maximum absolute atomic E-state index is 2.24. The number of benzene rings is 1. The van der Waals surface area contributed by atoms with Crippen LogP contribution >= 0.6 is 0 Å². The van der Waals surface area contributed by atoms with E-state index in [-0.39, 0.29) is 35.8 Å². The zero-order valence-electron chi connectivity index (χ0n) is 6.30. The van der Waals surface area contributed by atoms with Crippen LogP contribution in [0.2, 0.25) is 0 Å². The molecule has 0 radical (unpaired) electrons. The van der Waals surface area contributed by atoms with Crippen molar-refractivity contribution >= 4 is 17.0 Å². The van der Waals surface area contributed by atoms with Gasteiger partial charge in [-0.1, -0.05) is 0 Å². The topological polar surface area (TPSA) is 0 Å². The van der Waals surface area contributed by atoms with Gasteiger partial charge in [0, 0.05) is 0 Å². The number of halogens is 2. The van der Waals surface area contributed by atoms with Crippen LogP contribution in [-0.4, -0.2) is 11.0 Å². The van der Waals surface area contributed by atoms with Gasteiger partial charge in [-0.3, -0.25) is 0 Å². The van der Waals surface area contributed by atoms with Gasteiger partial charge in [0.25, 0.3) is 0 Å². The normalized spacial score (nSPS) is 16.3. The van der Waals surface area contributed by atoms with Crippen LogP contribution in [0.4, 0.5) is 0 Å². The summed E-state index contributed by atoms with van der Waals surface area (Å²) in [5.41, 5.74) is 2.84. The van der Waals surface area contributed by atoms with Gasteiger partial charge in [-0.25, -0.2) is 0 Å². The van der Waals surface area contributed by atoms with Crippen molar-refractivity contribution in [3.63, 3.8) is 0 Å². The van der Waals surface area contributed by atoms with Gasteiger partial charge >= 0.3 is 72.2 Å². The van der Waals surface area contributed by atoms with E-state index in [4.69, 9.17) is 0 Å². The SMILES string of the molecule is [Cl-].[Cl-].[SiH4].[Ti+2][CH]1C=Cc2ccccc21. The van der Waals surface area contributed by atoms with E-state index in [1.165, 1.54) is 11.1 Å². The zero-order valence-corrected chi connectivity index (χ0v) is 9.37. The van der Waals surface area contributed by atoms with Gasteiger partial charge < -0.3 is 24.8 Å². The monoisotopic (exact) mass is 265 g/mol. The maximum atomic E-state index is 2.24. The molecule has 0 heterocycles. The molecular formula is C9H11Cl2SiTi. The zero-order chi connectivity index (χ0) is 6.97. The molecule has 1 aromatic rings. The second-order valence-electron chi connectivity index (χ2n) is 2.47. The Morgan fingerprint density at radius 3 is 2.31 bits per heavy atom. The fourth-order valence-electron chi connectivity index (χ4n) is 1.25. The molecule has 0 spiro atoms. The first kappa shape index (κ1) is 15.9. The van der Waals surface area contributed by atoms with Gasteiger partial charge in [-0.15, -0.1) is 0 Å². The molecule has 0 aliphatic heterocycles. The molecule has 0 saturated heterocycles. The molecule has 69 valence electrons. The summed E-state index contributed by atoms with van der Waals surface area (Å²) >= 11 is 2.22. The third kappa shape index (κ3) is 3.26. The quantitative estimate of drug-likeness (QED) is 0.412. The van der Waals surface area contributed by atoms with Crippen LogP contribution in [-0.2, 0) is 20.4 Å². The summed E-state index contributed by atoms with van der Waals surface area (Å²) in [6, 6.07) is 8.54. The molecule has 0 bridgehead atoms. The molecular weight excluding hydrogens is 255 g/mol. The first-order chi connectivity index (χ1) is 4.88. The molecule has 1 aliphatic carbocycles. The number of hydrogen-bond acceptors (Lipinski definition) is 0. The fourth-order valence-corrected chi connectivity index (χ4v) is 1.81. The molecule has 0 amide bonds. The van der Waals surface area contributed by atoms with E-state index in [0.717, 1.165) is 0 Å². The molecule has 0 N–H and O–H groups in total. The Bertz CT molecular complexity index is 289. The van der Waals surface area contributed by atoms with E-state index >= 15 is 0 Å². The Morgan fingerprint density at radius 1 is 1.08 bits per heavy atom. The average Bonchev–Trinajstić information content (AvgIpc) is 2.34. The average molecular weight is 266 g/mol. The van der Waals surface area contributed by atoms with Gasteiger partial charge in [0.15, 0.2) is 0 Å². The van der Waals surface area contributed by atoms with E-state index in [0.29, 0.717) is 4.22 Å². The van der Waals surface area contributed by atoms with E-state index in [1.54, 1.807) is 0 Å². The Balaban J connectivity index is 0. The molecule has 0 saturated carbocycles. The van der Waals surface area contributed by atoms with E-state index in [9.17, 15) is 0 Å². The standard InChI is InChI=1S/C9H7.2ClH.H4Si.Ti/c1-2-5-9-7-3-6-8(9)4-1;;;;/h1-7H;2*1H;1H4;/q;;;;+2/p-2. The Labute approximate surface area is 107 Å². The van der Waals surface area contributed by atoms with Crippen molar-refractivity contribution in [1.82, 2.24) is 0 Å². The van der Waals surface area contributed by atoms with Crippen LogP contribution in [0.1, 0.15) is 15.3 Å². The molecule has 0 aromatic heterocycles. The van der Waals surface area contributed by atoms with Crippen LogP contribution in [0.15, 0.2) is 30.3 Å². The van der Waals surface area contributed by atoms with E-state index < -0.39 is 0 Å². The summed E-state index contributed by atoms with van der Waals surface area (Å²) in [7, 11) is 0. The molecule has 0 fully saturated rings. The van der Waals surface area contributed by atoms with Crippen LogP contribution in [0.5, 0.6) is 0 Å². The second-order valence-corrected chi connectivity index (χ2v) is 3.44. The molecule has 2 rings (SSSR count). The first-order valence-corrected chi connectivity index (χ1v) is 4.26. The summed E-state index contributed by atoms with van der Waals surface area (Å²) < 4.78 is 0.621. The van der Waals surface area contributed by atoms with Crippen molar-refractivity contribution in [3.05, 3.63) is 41.5 Å². The summed E-state index contributed by atoms with van der Waals surface area (Å²) in [5.74, 6) is 0. The third-order valence-corrected chi connectivity index (χ3v) is 2.59. The van der Waals surface area contributed by atoms with Crippen LogP contribution < -0.4 is 24.8 Å². The first-order valence-electron chi connectivity index (χ1n) is 3.36. The third-order valence-electron chi connectivity index (χ3n) is 1.80.